The second kappa shape index (κ2) is 6.11. The van der Waals surface area contributed by atoms with Crippen LogP contribution in [0.25, 0.3) is 0 Å². The van der Waals surface area contributed by atoms with Crippen LogP contribution in [0.2, 0.25) is 0 Å². The normalized spacial score (nSPS) is 23.5. The summed E-state index contributed by atoms with van der Waals surface area (Å²) in [4.78, 5) is 31.5. The monoisotopic (exact) mass is 337 g/mol. The molecule has 0 radical (unpaired) electrons. The van der Waals surface area contributed by atoms with Gasteiger partial charge in [0, 0.05) is 31.6 Å². The zero-order chi connectivity index (χ0) is 17.5. The van der Waals surface area contributed by atoms with Gasteiger partial charge in [-0.15, -0.1) is 0 Å². The van der Waals surface area contributed by atoms with Gasteiger partial charge < -0.3 is 9.80 Å². The number of hydrogen-bond donors (Lipinski definition) is 0. The molecule has 0 aromatic carbocycles. The van der Waals surface area contributed by atoms with Gasteiger partial charge in [-0.1, -0.05) is 13.8 Å². The average molecular weight is 337 g/mol. The number of hydrogen-bond acceptors (Lipinski definition) is 3. The van der Waals surface area contributed by atoms with E-state index in [1.54, 1.807) is 0 Å². The van der Waals surface area contributed by atoms with Gasteiger partial charge in [0.25, 0.3) is 5.91 Å². The number of nitrogens with zero attached hydrogens (tertiary/aromatic N) is 3. The summed E-state index contributed by atoms with van der Waals surface area (Å²) in [5.41, 5.74) is -0.655. The van der Waals surface area contributed by atoms with Gasteiger partial charge in [0.05, 0.1) is 17.3 Å². The maximum absolute atomic E-state index is 13.8. The highest BCUT2D eigenvalue weighted by Crippen LogP contribution is 2.39. The quantitative estimate of drug-likeness (QED) is 0.778. The first-order valence-electron chi connectivity index (χ1n) is 8.26. The topological polar surface area (TPSA) is 53.5 Å². The van der Waals surface area contributed by atoms with Crippen molar-refractivity contribution >= 4 is 11.8 Å². The van der Waals surface area contributed by atoms with Crippen LogP contribution < -0.4 is 0 Å². The van der Waals surface area contributed by atoms with Gasteiger partial charge in [0.1, 0.15) is 0 Å². The highest BCUT2D eigenvalue weighted by molar-refractivity contribution is 5.94. The van der Waals surface area contributed by atoms with Crippen molar-refractivity contribution in [1.29, 1.82) is 0 Å². The van der Waals surface area contributed by atoms with Crippen LogP contribution in [-0.2, 0) is 4.79 Å². The molecule has 2 saturated heterocycles. The van der Waals surface area contributed by atoms with Crippen LogP contribution in [0.3, 0.4) is 0 Å². The van der Waals surface area contributed by atoms with E-state index in [0.29, 0.717) is 19.6 Å². The number of likely N-dealkylation sites (tertiary alicyclic amines) is 2. The lowest BCUT2D eigenvalue weighted by Crippen LogP contribution is -2.69. The molecule has 0 N–H and O–H groups in total. The molecule has 7 heteroatoms. The average Bonchev–Trinajstić information content (AvgIpc) is 2.55. The minimum absolute atomic E-state index is 0.0803. The van der Waals surface area contributed by atoms with E-state index < -0.39 is 17.7 Å². The number of amides is 2. The van der Waals surface area contributed by atoms with Crippen LogP contribution in [0.15, 0.2) is 12.3 Å². The summed E-state index contributed by atoms with van der Waals surface area (Å²) in [7, 11) is 0. The maximum atomic E-state index is 13.8. The molecule has 1 unspecified atom stereocenters. The van der Waals surface area contributed by atoms with Crippen molar-refractivity contribution in [2.24, 2.45) is 5.92 Å². The molecule has 2 aliphatic heterocycles. The smallest absolute Gasteiger partial charge is 0.257 e. The molecular formula is C17H21F2N3O2. The molecule has 1 aromatic heterocycles. The van der Waals surface area contributed by atoms with E-state index in [1.807, 2.05) is 18.7 Å². The minimum Gasteiger partial charge on any atom is -0.336 e. The van der Waals surface area contributed by atoms with Crippen LogP contribution in [0.4, 0.5) is 8.78 Å². The van der Waals surface area contributed by atoms with E-state index in [1.165, 1.54) is 4.90 Å². The predicted octanol–water partition coefficient (Wildman–Crippen LogP) is 2.22. The second-order valence-electron chi connectivity index (χ2n) is 6.94. The Morgan fingerprint density at radius 3 is 2.62 bits per heavy atom. The fourth-order valence-electron chi connectivity index (χ4n) is 3.65. The molecule has 1 aromatic rings. The Morgan fingerprint density at radius 2 is 2.00 bits per heavy atom. The third kappa shape index (κ3) is 2.76. The van der Waals surface area contributed by atoms with Crippen molar-refractivity contribution in [2.75, 3.05) is 19.6 Å². The standard InChI is InChI=1S/C17H21F2N3O2/c1-11(2)15(23)22-7-5-17(22)4-3-6-21(10-17)16(24)12-8-14(19)20-9-13(12)18/h8-9,11H,3-7,10H2,1-2H3. The molecule has 2 amide bonds. The van der Waals surface area contributed by atoms with Gasteiger partial charge in [-0.05, 0) is 19.3 Å². The molecule has 2 fully saturated rings. The highest BCUT2D eigenvalue weighted by atomic mass is 19.1. The molecule has 5 nitrogen and oxygen atoms in total. The number of carbonyl (C=O) groups is 2. The van der Waals surface area contributed by atoms with Crippen LogP contribution in [0.1, 0.15) is 43.5 Å². The second-order valence-corrected chi connectivity index (χ2v) is 6.94. The first-order chi connectivity index (χ1) is 11.3. The molecule has 0 bridgehead atoms. The molecule has 2 aliphatic rings. The highest BCUT2D eigenvalue weighted by Gasteiger charge is 2.50. The van der Waals surface area contributed by atoms with Gasteiger partial charge in [-0.25, -0.2) is 9.37 Å². The zero-order valence-corrected chi connectivity index (χ0v) is 13.9. The first kappa shape index (κ1) is 16.8. The fourth-order valence-corrected chi connectivity index (χ4v) is 3.65. The minimum atomic E-state index is -0.883. The Bertz CT molecular complexity index is 680. The summed E-state index contributed by atoms with van der Waals surface area (Å²) in [5, 5.41) is 0. The molecular weight excluding hydrogens is 316 g/mol. The van der Waals surface area contributed by atoms with E-state index in [2.05, 4.69) is 4.98 Å². The van der Waals surface area contributed by atoms with E-state index in [-0.39, 0.29) is 22.9 Å². The number of pyridine rings is 1. The summed E-state index contributed by atoms with van der Waals surface area (Å²) in [6, 6.07) is 0.830. The SMILES string of the molecule is CC(C)C(=O)N1CCC12CCCN(C(=O)c1cc(F)ncc1F)C2. The van der Waals surface area contributed by atoms with Gasteiger partial charge in [0.2, 0.25) is 11.9 Å². The number of halogens is 2. The van der Waals surface area contributed by atoms with Crippen LogP contribution >= 0.6 is 0 Å². The third-order valence-electron chi connectivity index (χ3n) is 5.03. The Morgan fingerprint density at radius 1 is 1.25 bits per heavy atom. The van der Waals surface area contributed by atoms with Crippen molar-refractivity contribution in [1.82, 2.24) is 14.8 Å². The van der Waals surface area contributed by atoms with Gasteiger partial charge in [0.15, 0.2) is 5.82 Å². The molecule has 1 spiro atoms. The van der Waals surface area contributed by atoms with Gasteiger partial charge in [-0.2, -0.15) is 4.39 Å². The summed E-state index contributed by atoms with van der Waals surface area (Å²) in [5.74, 6) is -2.27. The van der Waals surface area contributed by atoms with Crippen molar-refractivity contribution in [3.8, 4) is 0 Å². The molecule has 3 heterocycles. The van der Waals surface area contributed by atoms with Crippen LogP contribution in [0, 0.1) is 17.7 Å². The van der Waals surface area contributed by atoms with E-state index in [4.69, 9.17) is 0 Å². The van der Waals surface area contributed by atoms with E-state index >= 15 is 0 Å². The van der Waals surface area contributed by atoms with Crippen LogP contribution in [0.5, 0.6) is 0 Å². The number of piperidine rings is 1. The van der Waals surface area contributed by atoms with Gasteiger partial charge >= 0.3 is 0 Å². The summed E-state index contributed by atoms with van der Waals surface area (Å²) in [6.07, 6.45) is 3.13. The Labute approximate surface area is 139 Å². The van der Waals surface area contributed by atoms with Crippen molar-refractivity contribution in [3.05, 3.63) is 29.6 Å². The van der Waals surface area contributed by atoms with Gasteiger partial charge in [-0.3, -0.25) is 9.59 Å². The Kier molecular flexibility index (Phi) is 4.27. The lowest BCUT2D eigenvalue weighted by atomic mass is 9.76. The number of carbonyl (C=O) groups excluding carboxylic acids is 2. The fraction of sp³-hybridized carbons (Fsp3) is 0.588. The van der Waals surface area contributed by atoms with E-state index in [0.717, 1.165) is 31.5 Å². The Balaban J connectivity index is 1.80. The van der Waals surface area contributed by atoms with Crippen molar-refractivity contribution in [2.45, 2.75) is 38.6 Å². The number of aromatic nitrogens is 1. The van der Waals surface area contributed by atoms with Crippen molar-refractivity contribution < 1.29 is 18.4 Å². The zero-order valence-electron chi connectivity index (χ0n) is 13.9. The van der Waals surface area contributed by atoms with Crippen molar-refractivity contribution in [3.63, 3.8) is 0 Å². The molecule has 1 atom stereocenters. The molecule has 0 aliphatic carbocycles. The maximum Gasteiger partial charge on any atom is 0.257 e. The summed E-state index contributed by atoms with van der Waals surface area (Å²) >= 11 is 0. The molecule has 24 heavy (non-hydrogen) atoms. The predicted molar refractivity (Wildman–Crippen MR) is 83.2 cm³/mol. The number of rotatable bonds is 2. The Hall–Kier alpha value is -2.05. The summed E-state index contributed by atoms with van der Waals surface area (Å²) in [6.45, 7) is 5.25. The third-order valence-corrected chi connectivity index (χ3v) is 5.03. The van der Waals surface area contributed by atoms with Crippen LogP contribution in [-0.4, -0.2) is 51.8 Å². The largest absolute Gasteiger partial charge is 0.336 e. The molecule has 0 saturated carbocycles. The molecule has 130 valence electrons. The lowest BCUT2D eigenvalue weighted by molar-refractivity contribution is -0.155. The first-order valence-corrected chi connectivity index (χ1v) is 8.26. The molecule has 3 rings (SSSR count). The van der Waals surface area contributed by atoms with E-state index in [9.17, 15) is 18.4 Å². The lowest BCUT2D eigenvalue weighted by Gasteiger charge is -2.57. The summed E-state index contributed by atoms with van der Waals surface area (Å²) < 4.78 is 27.1.